The van der Waals surface area contributed by atoms with Crippen molar-refractivity contribution in [3.8, 4) is 5.75 Å². The maximum Gasteiger partial charge on any atom is 0.341 e. The molecule has 0 aromatic heterocycles. The van der Waals surface area contributed by atoms with Gasteiger partial charge >= 0.3 is 10.5 Å². The number of para-hydroxylation sites is 1. The number of benzene rings is 1. The predicted octanol–water partition coefficient (Wildman–Crippen LogP) is 2.49. The Labute approximate surface area is 77.3 Å². The lowest BCUT2D eigenvalue weighted by Crippen LogP contribution is -1.92. The minimum Gasteiger partial charge on any atom is -0.540 e. The number of rotatable bonds is 4. The third-order valence-corrected chi connectivity index (χ3v) is 2.10. The van der Waals surface area contributed by atoms with Gasteiger partial charge in [-0.1, -0.05) is 31.5 Å². The largest absolute Gasteiger partial charge is 0.540 e. The standard InChI is InChI=1S/C10H13OSi/c1-2-3-6-9-7-4-5-8-10(9)11-12/h4-5,7-8H,2-3,6H2,1H3. The summed E-state index contributed by atoms with van der Waals surface area (Å²) in [6.07, 6.45) is 3.53. The van der Waals surface area contributed by atoms with Crippen molar-refractivity contribution in [1.82, 2.24) is 0 Å². The van der Waals surface area contributed by atoms with E-state index in [0.29, 0.717) is 0 Å². The molecule has 1 aromatic rings. The molecule has 1 aromatic carbocycles. The number of aryl methyl sites for hydroxylation is 1. The van der Waals surface area contributed by atoms with Gasteiger partial charge in [0.25, 0.3) is 0 Å². The third kappa shape index (κ3) is 2.38. The molecule has 1 rings (SSSR count). The van der Waals surface area contributed by atoms with E-state index in [1.165, 1.54) is 18.4 Å². The molecule has 0 unspecified atom stereocenters. The normalized spacial score (nSPS) is 9.83. The van der Waals surface area contributed by atoms with Crippen molar-refractivity contribution in [1.29, 1.82) is 0 Å². The van der Waals surface area contributed by atoms with Crippen LogP contribution in [0.1, 0.15) is 25.3 Å². The van der Waals surface area contributed by atoms with Crippen molar-refractivity contribution in [3.63, 3.8) is 0 Å². The van der Waals surface area contributed by atoms with Crippen LogP contribution in [-0.2, 0) is 6.42 Å². The topological polar surface area (TPSA) is 9.23 Å². The predicted molar refractivity (Wildman–Crippen MR) is 51.4 cm³/mol. The SMILES string of the molecule is CCCCc1ccccc1O[Si]. The van der Waals surface area contributed by atoms with E-state index >= 15 is 0 Å². The van der Waals surface area contributed by atoms with Crippen LogP contribution in [0, 0.1) is 0 Å². The van der Waals surface area contributed by atoms with Gasteiger partial charge in [0, 0.05) is 0 Å². The van der Waals surface area contributed by atoms with Crippen LogP contribution in [0.25, 0.3) is 0 Å². The first-order valence-electron chi connectivity index (χ1n) is 4.30. The van der Waals surface area contributed by atoms with Gasteiger partial charge in [-0.15, -0.1) is 0 Å². The van der Waals surface area contributed by atoms with Gasteiger partial charge in [-0.2, -0.15) is 0 Å². The average molecular weight is 177 g/mol. The smallest absolute Gasteiger partial charge is 0.341 e. The molecule has 12 heavy (non-hydrogen) atoms. The lowest BCUT2D eigenvalue weighted by Gasteiger charge is -2.06. The average Bonchev–Trinajstić information content (AvgIpc) is 2.15. The fraction of sp³-hybridized carbons (Fsp3) is 0.400. The van der Waals surface area contributed by atoms with E-state index in [-0.39, 0.29) is 0 Å². The van der Waals surface area contributed by atoms with Gasteiger partial charge in [-0.25, -0.2) is 0 Å². The molecular formula is C10H13OSi. The second-order valence-corrected chi connectivity index (χ2v) is 3.02. The van der Waals surface area contributed by atoms with Crippen molar-refractivity contribution in [3.05, 3.63) is 29.8 Å². The Kier molecular flexibility index (Phi) is 3.87. The van der Waals surface area contributed by atoms with E-state index in [0.717, 1.165) is 12.2 Å². The Balaban J connectivity index is 2.68. The van der Waals surface area contributed by atoms with Crippen LogP contribution in [0.15, 0.2) is 24.3 Å². The summed E-state index contributed by atoms with van der Waals surface area (Å²) < 4.78 is 5.05. The Morgan fingerprint density at radius 2 is 2.08 bits per heavy atom. The van der Waals surface area contributed by atoms with Crippen LogP contribution in [-0.4, -0.2) is 10.5 Å². The summed E-state index contributed by atoms with van der Waals surface area (Å²) in [7, 11) is 3.05. The Morgan fingerprint density at radius 3 is 2.75 bits per heavy atom. The molecule has 0 aliphatic carbocycles. The van der Waals surface area contributed by atoms with Gasteiger partial charge in [-0.05, 0) is 24.5 Å². The Morgan fingerprint density at radius 1 is 1.33 bits per heavy atom. The molecule has 0 saturated carbocycles. The third-order valence-electron chi connectivity index (χ3n) is 1.88. The summed E-state index contributed by atoms with van der Waals surface area (Å²) >= 11 is 0. The molecule has 0 N–H and O–H groups in total. The molecule has 0 bridgehead atoms. The first-order chi connectivity index (χ1) is 5.88. The zero-order valence-electron chi connectivity index (χ0n) is 7.34. The van der Waals surface area contributed by atoms with Crippen LogP contribution in [0.4, 0.5) is 0 Å². The van der Waals surface area contributed by atoms with E-state index < -0.39 is 0 Å². The first kappa shape index (κ1) is 9.33. The van der Waals surface area contributed by atoms with Crippen molar-refractivity contribution in [2.75, 3.05) is 0 Å². The molecule has 2 heteroatoms. The maximum atomic E-state index is 5.05. The molecule has 0 saturated heterocycles. The fourth-order valence-electron chi connectivity index (χ4n) is 1.18. The molecule has 3 radical (unpaired) electrons. The summed E-state index contributed by atoms with van der Waals surface area (Å²) in [5.41, 5.74) is 1.27. The van der Waals surface area contributed by atoms with Crippen LogP contribution >= 0.6 is 0 Å². The van der Waals surface area contributed by atoms with Gasteiger partial charge in [0.15, 0.2) is 0 Å². The lowest BCUT2D eigenvalue weighted by molar-refractivity contribution is 0.601. The summed E-state index contributed by atoms with van der Waals surface area (Å²) in [4.78, 5) is 0. The second-order valence-electron chi connectivity index (χ2n) is 2.81. The molecule has 0 atom stereocenters. The zero-order valence-corrected chi connectivity index (χ0v) is 8.34. The Bertz CT molecular complexity index is 235. The van der Waals surface area contributed by atoms with E-state index in [9.17, 15) is 0 Å². The van der Waals surface area contributed by atoms with Gasteiger partial charge in [-0.3, -0.25) is 0 Å². The number of hydrogen-bond acceptors (Lipinski definition) is 1. The van der Waals surface area contributed by atoms with E-state index in [1.807, 2.05) is 18.2 Å². The monoisotopic (exact) mass is 177 g/mol. The first-order valence-corrected chi connectivity index (χ1v) is 4.70. The Hall–Kier alpha value is -0.763. The summed E-state index contributed by atoms with van der Waals surface area (Å²) in [6, 6.07) is 8.09. The van der Waals surface area contributed by atoms with Gasteiger partial charge < -0.3 is 4.43 Å². The van der Waals surface area contributed by atoms with E-state index in [2.05, 4.69) is 23.5 Å². The van der Waals surface area contributed by atoms with E-state index in [1.54, 1.807) is 0 Å². The summed E-state index contributed by atoms with van der Waals surface area (Å²) in [5.74, 6) is 0.933. The van der Waals surface area contributed by atoms with Crippen LogP contribution < -0.4 is 4.43 Å². The molecule has 0 aliphatic heterocycles. The van der Waals surface area contributed by atoms with Crippen LogP contribution in [0.3, 0.4) is 0 Å². The number of unbranched alkanes of at least 4 members (excludes halogenated alkanes) is 1. The number of hydrogen-bond donors (Lipinski definition) is 0. The van der Waals surface area contributed by atoms with Gasteiger partial charge in [0.1, 0.15) is 5.75 Å². The lowest BCUT2D eigenvalue weighted by atomic mass is 10.1. The van der Waals surface area contributed by atoms with Crippen molar-refractivity contribution in [2.45, 2.75) is 26.2 Å². The highest BCUT2D eigenvalue weighted by atomic mass is 28.2. The minimum atomic E-state index is 0.933. The summed E-state index contributed by atoms with van der Waals surface area (Å²) in [6.45, 7) is 2.19. The van der Waals surface area contributed by atoms with Crippen molar-refractivity contribution >= 4 is 10.5 Å². The highest BCUT2D eigenvalue weighted by molar-refractivity contribution is 6.00. The molecule has 0 amide bonds. The second kappa shape index (κ2) is 4.98. The highest BCUT2D eigenvalue weighted by Gasteiger charge is 1.98. The van der Waals surface area contributed by atoms with Crippen LogP contribution in [0.2, 0.25) is 0 Å². The van der Waals surface area contributed by atoms with Gasteiger partial charge in [0.05, 0.1) is 0 Å². The molecule has 0 heterocycles. The van der Waals surface area contributed by atoms with Crippen molar-refractivity contribution < 1.29 is 4.43 Å². The van der Waals surface area contributed by atoms with Crippen LogP contribution in [0.5, 0.6) is 5.75 Å². The fourth-order valence-corrected chi connectivity index (χ4v) is 1.38. The molecule has 0 fully saturated rings. The molecule has 0 aliphatic rings. The maximum absolute atomic E-state index is 5.05. The van der Waals surface area contributed by atoms with Gasteiger partial charge in [0.2, 0.25) is 0 Å². The van der Waals surface area contributed by atoms with Crippen molar-refractivity contribution in [2.24, 2.45) is 0 Å². The molecular weight excluding hydrogens is 164 g/mol. The highest BCUT2D eigenvalue weighted by Crippen LogP contribution is 2.18. The quantitative estimate of drug-likeness (QED) is 0.642. The summed E-state index contributed by atoms with van der Waals surface area (Å²) in [5, 5.41) is 0. The zero-order chi connectivity index (χ0) is 8.81. The minimum absolute atomic E-state index is 0.933. The molecule has 63 valence electrons. The molecule has 1 nitrogen and oxygen atoms in total. The van der Waals surface area contributed by atoms with E-state index in [4.69, 9.17) is 4.43 Å². The molecule has 0 spiro atoms.